The second kappa shape index (κ2) is 6.09. The molecule has 0 atom stereocenters. The molecule has 106 valence electrons. The van der Waals surface area contributed by atoms with E-state index in [1.165, 1.54) is 28.4 Å². The molecule has 2 aromatic rings. The number of rotatable bonds is 4. The fourth-order valence-corrected chi connectivity index (χ4v) is 2.39. The van der Waals surface area contributed by atoms with Gasteiger partial charge in [-0.2, -0.15) is 0 Å². The van der Waals surface area contributed by atoms with E-state index in [2.05, 4.69) is 4.98 Å². The number of benzene rings is 1. The summed E-state index contributed by atoms with van der Waals surface area (Å²) in [6.07, 6.45) is 0.184. The summed E-state index contributed by atoms with van der Waals surface area (Å²) >= 11 is 1.48. The Morgan fingerprint density at radius 3 is 2.75 bits per heavy atom. The number of hydrogen-bond acceptors (Lipinski definition) is 3. The number of thiazole rings is 1. The molecular formula is C14H14F2N2OS. The van der Waals surface area contributed by atoms with Gasteiger partial charge in [-0.25, -0.2) is 13.8 Å². The SMILES string of the molecule is Cc1nc(CC(=O)N(C)Cc2ccc(F)cc2F)cs1. The number of aryl methyl sites for hydroxylation is 1. The van der Waals surface area contributed by atoms with E-state index < -0.39 is 11.6 Å². The Labute approximate surface area is 119 Å². The Balaban J connectivity index is 2.00. The number of halogens is 2. The lowest BCUT2D eigenvalue weighted by atomic mass is 10.2. The van der Waals surface area contributed by atoms with Gasteiger partial charge in [0.2, 0.25) is 5.91 Å². The van der Waals surface area contributed by atoms with Crippen molar-refractivity contribution in [2.75, 3.05) is 7.05 Å². The number of likely N-dealkylation sites (N-methyl/N-ethyl adjacent to an activating group) is 1. The van der Waals surface area contributed by atoms with Gasteiger partial charge in [-0.15, -0.1) is 11.3 Å². The third-order valence-corrected chi connectivity index (χ3v) is 3.67. The predicted octanol–water partition coefficient (Wildman–Crippen LogP) is 2.93. The summed E-state index contributed by atoms with van der Waals surface area (Å²) in [6.45, 7) is 1.98. The molecule has 0 aliphatic rings. The van der Waals surface area contributed by atoms with E-state index in [4.69, 9.17) is 0 Å². The first-order chi connectivity index (χ1) is 9.45. The van der Waals surface area contributed by atoms with Crippen LogP contribution in [0.15, 0.2) is 23.6 Å². The van der Waals surface area contributed by atoms with Gasteiger partial charge in [0.1, 0.15) is 11.6 Å². The van der Waals surface area contributed by atoms with E-state index >= 15 is 0 Å². The zero-order valence-corrected chi connectivity index (χ0v) is 12.0. The standard InChI is InChI=1S/C14H14F2N2OS/c1-9-17-12(8-20-9)6-14(19)18(2)7-10-3-4-11(15)5-13(10)16/h3-5,8H,6-7H2,1-2H3. The fourth-order valence-electron chi connectivity index (χ4n) is 1.77. The molecule has 6 heteroatoms. The van der Waals surface area contributed by atoms with Crippen molar-refractivity contribution in [2.24, 2.45) is 0 Å². The molecule has 0 aliphatic carbocycles. The van der Waals surface area contributed by atoms with Crippen molar-refractivity contribution >= 4 is 17.2 Å². The number of carbonyl (C=O) groups excluding carboxylic acids is 1. The maximum Gasteiger partial charge on any atom is 0.228 e. The summed E-state index contributed by atoms with van der Waals surface area (Å²) in [5.74, 6) is -1.42. The molecule has 0 saturated carbocycles. The molecule has 20 heavy (non-hydrogen) atoms. The fraction of sp³-hybridized carbons (Fsp3) is 0.286. The van der Waals surface area contributed by atoms with Crippen molar-refractivity contribution in [2.45, 2.75) is 19.9 Å². The van der Waals surface area contributed by atoms with Gasteiger partial charge in [-0.1, -0.05) is 6.07 Å². The molecule has 0 bridgehead atoms. The van der Waals surface area contributed by atoms with Crippen LogP contribution in [0, 0.1) is 18.6 Å². The van der Waals surface area contributed by atoms with E-state index in [1.54, 1.807) is 7.05 Å². The first-order valence-corrected chi connectivity index (χ1v) is 6.92. The monoisotopic (exact) mass is 296 g/mol. The molecule has 0 aliphatic heterocycles. The van der Waals surface area contributed by atoms with Gasteiger partial charge in [-0.05, 0) is 13.0 Å². The number of hydrogen-bond donors (Lipinski definition) is 0. The van der Waals surface area contributed by atoms with Crippen LogP contribution in [0.25, 0.3) is 0 Å². The van der Waals surface area contributed by atoms with E-state index in [9.17, 15) is 13.6 Å². The minimum Gasteiger partial charge on any atom is -0.341 e. The zero-order valence-electron chi connectivity index (χ0n) is 11.2. The maximum atomic E-state index is 13.5. The van der Waals surface area contributed by atoms with Gasteiger partial charge in [0.05, 0.1) is 17.1 Å². The highest BCUT2D eigenvalue weighted by molar-refractivity contribution is 7.09. The molecule has 1 aromatic carbocycles. The first kappa shape index (κ1) is 14.6. The van der Waals surface area contributed by atoms with Gasteiger partial charge >= 0.3 is 0 Å². The first-order valence-electron chi connectivity index (χ1n) is 6.04. The lowest BCUT2D eigenvalue weighted by molar-refractivity contribution is -0.129. The van der Waals surface area contributed by atoms with E-state index in [1.807, 2.05) is 12.3 Å². The Morgan fingerprint density at radius 1 is 1.40 bits per heavy atom. The summed E-state index contributed by atoms with van der Waals surface area (Å²) < 4.78 is 26.3. The number of nitrogens with zero attached hydrogens (tertiary/aromatic N) is 2. The molecule has 1 aromatic heterocycles. The Bertz CT molecular complexity index is 627. The second-order valence-corrected chi connectivity index (χ2v) is 5.58. The van der Waals surface area contributed by atoms with Crippen molar-refractivity contribution in [1.82, 2.24) is 9.88 Å². The van der Waals surface area contributed by atoms with Crippen LogP contribution >= 0.6 is 11.3 Å². The van der Waals surface area contributed by atoms with Crippen LogP contribution in [0.4, 0.5) is 8.78 Å². The van der Waals surface area contributed by atoms with Gasteiger partial charge in [-0.3, -0.25) is 4.79 Å². The van der Waals surface area contributed by atoms with Crippen molar-refractivity contribution in [3.63, 3.8) is 0 Å². The molecule has 0 N–H and O–H groups in total. The third kappa shape index (κ3) is 3.60. The smallest absolute Gasteiger partial charge is 0.228 e. The van der Waals surface area contributed by atoms with E-state index in [0.29, 0.717) is 5.69 Å². The molecule has 1 amide bonds. The van der Waals surface area contributed by atoms with Crippen molar-refractivity contribution in [1.29, 1.82) is 0 Å². The highest BCUT2D eigenvalue weighted by Crippen LogP contribution is 2.13. The van der Waals surface area contributed by atoms with Crippen LogP contribution in [-0.2, 0) is 17.8 Å². The molecule has 0 unspecified atom stereocenters. The zero-order chi connectivity index (χ0) is 14.7. The molecule has 0 fully saturated rings. The minimum absolute atomic E-state index is 0.105. The molecule has 0 saturated heterocycles. The highest BCUT2D eigenvalue weighted by Gasteiger charge is 2.14. The molecule has 3 nitrogen and oxygen atoms in total. The van der Waals surface area contributed by atoms with Crippen molar-refractivity contribution in [3.05, 3.63) is 51.5 Å². The van der Waals surface area contributed by atoms with Gasteiger partial charge in [0.25, 0.3) is 0 Å². The number of carbonyl (C=O) groups is 1. The van der Waals surface area contributed by atoms with Crippen molar-refractivity contribution < 1.29 is 13.6 Å². The third-order valence-electron chi connectivity index (χ3n) is 2.85. The lowest BCUT2D eigenvalue weighted by Gasteiger charge is -2.17. The number of aromatic nitrogens is 1. The topological polar surface area (TPSA) is 33.2 Å². The largest absolute Gasteiger partial charge is 0.341 e. The summed E-state index contributed by atoms with van der Waals surface area (Å²) in [5.41, 5.74) is 1.00. The Kier molecular flexibility index (Phi) is 4.44. The summed E-state index contributed by atoms with van der Waals surface area (Å²) in [6, 6.07) is 3.35. The van der Waals surface area contributed by atoms with E-state index in [-0.39, 0.29) is 24.4 Å². The quantitative estimate of drug-likeness (QED) is 0.869. The Morgan fingerprint density at radius 2 is 2.15 bits per heavy atom. The van der Waals surface area contributed by atoms with Crippen LogP contribution in [0.2, 0.25) is 0 Å². The van der Waals surface area contributed by atoms with Crippen LogP contribution in [0.1, 0.15) is 16.3 Å². The van der Waals surface area contributed by atoms with Gasteiger partial charge in [0.15, 0.2) is 0 Å². The second-order valence-electron chi connectivity index (χ2n) is 4.52. The molecule has 1 heterocycles. The van der Waals surface area contributed by atoms with Crippen LogP contribution in [-0.4, -0.2) is 22.8 Å². The minimum atomic E-state index is -0.644. The van der Waals surface area contributed by atoms with Gasteiger partial charge in [0, 0.05) is 30.6 Å². The maximum absolute atomic E-state index is 13.5. The Hall–Kier alpha value is -1.82. The average Bonchev–Trinajstić information content (AvgIpc) is 2.78. The van der Waals surface area contributed by atoms with Crippen LogP contribution < -0.4 is 0 Å². The van der Waals surface area contributed by atoms with Crippen LogP contribution in [0.5, 0.6) is 0 Å². The molecular weight excluding hydrogens is 282 g/mol. The van der Waals surface area contributed by atoms with Gasteiger partial charge < -0.3 is 4.90 Å². The predicted molar refractivity (Wildman–Crippen MR) is 73.4 cm³/mol. The molecule has 2 rings (SSSR count). The molecule has 0 spiro atoms. The summed E-state index contributed by atoms with van der Waals surface area (Å²) in [7, 11) is 1.59. The molecule has 0 radical (unpaired) electrons. The van der Waals surface area contributed by atoms with Crippen molar-refractivity contribution in [3.8, 4) is 0 Å². The highest BCUT2D eigenvalue weighted by atomic mass is 32.1. The summed E-state index contributed by atoms with van der Waals surface area (Å²) in [5, 5.41) is 2.74. The normalized spacial score (nSPS) is 10.6. The van der Waals surface area contributed by atoms with E-state index in [0.717, 1.165) is 11.1 Å². The lowest BCUT2D eigenvalue weighted by Crippen LogP contribution is -2.28. The van der Waals surface area contributed by atoms with Crippen LogP contribution in [0.3, 0.4) is 0 Å². The summed E-state index contributed by atoms with van der Waals surface area (Å²) in [4.78, 5) is 17.6. The number of amides is 1. The average molecular weight is 296 g/mol.